The normalized spacial score (nSPS) is 17.5. The molecule has 1 aliphatic rings. The fourth-order valence-corrected chi connectivity index (χ4v) is 5.18. The van der Waals surface area contributed by atoms with Crippen LogP contribution in [-0.4, -0.2) is 24.2 Å². The fraction of sp³-hybridized carbons (Fsp3) is 0.533. The van der Waals surface area contributed by atoms with Crippen LogP contribution in [0.2, 0.25) is 0 Å². The van der Waals surface area contributed by atoms with Crippen LogP contribution in [0.25, 0.3) is 0 Å². The lowest BCUT2D eigenvalue weighted by Gasteiger charge is -2.35. The number of aliphatic hydroxyl groups excluding tert-OH is 1. The molecule has 116 valence electrons. The molecule has 2 N–H and O–H groups in total. The van der Waals surface area contributed by atoms with Crippen molar-refractivity contribution in [1.29, 1.82) is 0 Å². The zero-order chi connectivity index (χ0) is 15.5. The van der Waals surface area contributed by atoms with Gasteiger partial charge in [0.1, 0.15) is 0 Å². The first kappa shape index (κ1) is 18.2. The highest BCUT2D eigenvalue weighted by Gasteiger charge is 2.32. The Morgan fingerprint density at radius 1 is 1.19 bits per heavy atom. The van der Waals surface area contributed by atoms with Crippen molar-refractivity contribution < 1.29 is 9.90 Å². The Balaban J connectivity index is 2.08. The Morgan fingerprint density at radius 2 is 1.86 bits per heavy atom. The minimum atomic E-state index is -0.117. The Bertz CT molecular complexity index is 528. The summed E-state index contributed by atoms with van der Waals surface area (Å²) in [4.78, 5) is 12.5. The van der Waals surface area contributed by atoms with Crippen LogP contribution in [-0.2, 0) is 0 Å². The minimum Gasteiger partial charge on any atom is -0.396 e. The van der Waals surface area contributed by atoms with Crippen LogP contribution in [0.3, 0.4) is 0 Å². The summed E-state index contributed by atoms with van der Waals surface area (Å²) in [6.45, 7) is 0.731. The summed E-state index contributed by atoms with van der Waals surface area (Å²) in [5, 5.41) is 12.8. The topological polar surface area (TPSA) is 49.3 Å². The summed E-state index contributed by atoms with van der Waals surface area (Å²) in [5.41, 5.74) is 0.616. The number of rotatable bonds is 4. The van der Waals surface area contributed by atoms with Gasteiger partial charge in [0.25, 0.3) is 5.91 Å². The Hall–Kier alpha value is 0.840. The van der Waals surface area contributed by atoms with Crippen molar-refractivity contribution in [3.8, 4) is 0 Å². The van der Waals surface area contributed by atoms with E-state index >= 15 is 0 Å². The summed E-state index contributed by atoms with van der Waals surface area (Å²) >= 11 is 6.72. The third-order valence-corrected chi connectivity index (χ3v) is 7.78. The summed E-state index contributed by atoms with van der Waals surface area (Å²) in [6, 6.07) is 3.99. The van der Waals surface area contributed by atoms with Gasteiger partial charge in [0.15, 0.2) is 0 Å². The van der Waals surface area contributed by atoms with E-state index in [-0.39, 0.29) is 17.9 Å². The SMILES string of the molecule is O=C(NCC1(CO)CCCCC1)c1cc(I)cc(I)c1I. The molecule has 0 unspecified atom stereocenters. The zero-order valence-corrected chi connectivity index (χ0v) is 18.1. The molecule has 0 atom stereocenters. The molecule has 0 saturated heterocycles. The number of nitrogens with one attached hydrogen (secondary N) is 1. The molecule has 0 bridgehead atoms. The van der Waals surface area contributed by atoms with E-state index in [0.717, 1.165) is 42.0 Å². The maximum Gasteiger partial charge on any atom is 0.252 e. The summed E-state index contributed by atoms with van der Waals surface area (Å²) in [6.07, 6.45) is 5.54. The van der Waals surface area contributed by atoms with Crippen molar-refractivity contribution in [3.05, 3.63) is 28.4 Å². The first-order valence-corrected chi connectivity index (χ1v) is 10.2. The molecule has 2 rings (SSSR count). The van der Waals surface area contributed by atoms with Gasteiger partial charge in [0.2, 0.25) is 0 Å². The van der Waals surface area contributed by atoms with Gasteiger partial charge in [-0.15, -0.1) is 0 Å². The van der Waals surface area contributed by atoms with Gasteiger partial charge in [-0.25, -0.2) is 0 Å². The van der Waals surface area contributed by atoms with Crippen LogP contribution < -0.4 is 5.32 Å². The molecule has 1 aromatic rings. The van der Waals surface area contributed by atoms with Crippen LogP contribution in [0.15, 0.2) is 12.1 Å². The van der Waals surface area contributed by atoms with Gasteiger partial charge in [0.05, 0.1) is 12.2 Å². The highest BCUT2D eigenvalue weighted by atomic mass is 127. The second kappa shape index (κ2) is 8.09. The lowest BCUT2D eigenvalue weighted by molar-refractivity contribution is 0.0717. The van der Waals surface area contributed by atoms with E-state index in [9.17, 15) is 9.90 Å². The Kier molecular flexibility index (Phi) is 7.01. The molecule has 1 fully saturated rings. The fourth-order valence-electron chi connectivity index (χ4n) is 2.78. The van der Waals surface area contributed by atoms with Gasteiger partial charge in [0, 0.05) is 22.7 Å². The molecule has 6 heteroatoms. The van der Waals surface area contributed by atoms with Gasteiger partial charge in [-0.3, -0.25) is 4.79 Å². The van der Waals surface area contributed by atoms with E-state index in [4.69, 9.17) is 0 Å². The number of hydrogen-bond donors (Lipinski definition) is 2. The van der Waals surface area contributed by atoms with Crippen LogP contribution in [0.1, 0.15) is 42.5 Å². The van der Waals surface area contributed by atoms with E-state index in [2.05, 4.69) is 79.2 Å². The Labute approximate surface area is 166 Å². The van der Waals surface area contributed by atoms with Gasteiger partial charge >= 0.3 is 0 Å². The van der Waals surface area contributed by atoms with Crippen LogP contribution in [0.5, 0.6) is 0 Å². The van der Waals surface area contributed by atoms with E-state index in [1.165, 1.54) is 6.42 Å². The van der Waals surface area contributed by atoms with E-state index in [0.29, 0.717) is 6.54 Å². The predicted octanol–water partition coefficient (Wildman–Crippen LogP) is 4.17. The molecule has 1 aliphatic carbocycles. The number of carbonyl (C=O) groups is 1. The second-order valence-corrected chi connectivity index (χ2v) is 9.14. The second-order valence-electron chi connectivity index (χ2n) is 5.65. The molecule has 1 saturated carbocycles. The number of benzene rings is 1. The molecule has 0 spiro atoms. The first-order chi connectivity index (χ1) is 9.97. The monoisotopic (exact) mass is 625 g/mol. The third-order valence-electron chi connectivity index (χ3n) is 4.11. The number of halogens is 3. The van der Waals surface area contributed by atoms with Crippen molar-refractivity contribution in [1.82, 2.24) is 5.32 Å². The average molecular weight is 625 g/mol. The number of amides is 1. The molecule has 0 radical (unpaired) electrons. The van der Waals surface area contributed by atoms with Crippen molar-refractivity contribution in [2.45, 2.75) is 32.1 Å². The molecule has 0 aliphatic heterocycles. The smallest absolute Gasteiger partial charge is 0.252 e. The zero-order valence-electron chi connectivity index (χ0n) is 11.6. The molecule has 1 amide bonds. The lowest BCUT2D eigenvalue weighted by Crippen LogP contribution is -2.41. The Morgan fingerprint density at radius 3 is 2.48 bits per heavy atom. The standard InChI is InChI=1S/C15H18I3NO2/c16-10-6-11(13(18)12(17)7-10)14(21)19-8-15(9-20)4-2-1-3-5-15/h6-7,20H,1-5,8-9H2,(H,19,21). The molecular weight excluding hydrogens is 607 g/mol. The summed E-state index contributed by atoms with van der Waals surface area (Å²) in [7, 11) is 0. The van der Waals surface area contributed by atoms with Gasteiger partial charge in [-0.1, -0.05) is 19.3 Å². The van der Waals surface area contributed by atoms with Crippen LogP contribution in [0.4, 0.5) is 0 Å². The summed E-state index contributed by atoms with van der Waals surface area (Å²) in [5.74, 6) is -0.0331. The molecule has 3 nitrogen and oxygen atoms in total. The number of hydrogen-bond acceptors (Lipinski definition) is 2. The van der Waals surface area contributed by atoms with Crippen molar-refractivity contribution in [2.24, 2.45) is 5.41 Å². The maximum absolute atomic E-state index is 12.5. The molecule has 1 aromatic carbocycles. The van der Waals surface area contributed by atoms with E-state index in [1.807, 2.05) is 6.07 Å². The average Bonchev–Trinajstić information content (AvgIpc) is 2.49. The van der Waals surface area contributed by atoms with Gasteiger partial charge in [-0.05, 0) is 92.7 Å². The van der Waals surface area contributed by atoms with Crippen molar-refractivity contribution in [3.63, 3.8) is 0 Å². The van der Waals surface area contributed by atoms with Crippen molar-refractivity contribution in [2.75, 3.05) is 13.2 Å². The third kappa shape index (κ3) is 4.66. The first-order valence-electron chi connectivity index (χ1n) is 7.01. The molecule has 0 heterocycles. The van der Waals surface area contributed by atoms with Crippen molar-refractivity contribution >= 4 is 73.7 Å². The number of carbonyl (C=O) groups excluding carboxylic acids is 1. The van der Waals surface area contributed by atoms with Crippen LogP contribution in [0, 0.1) is 16.1 Å². The predicted molar refractivity (Wildman–Crippen MR) is 110 cm³/mol. The lowest BCUT2D eigenvalue weighted by atomic mass is 9.74. The highest BCUT2D eigenvalue weighted by molar-refractivity contribution is 14.1. The highest BCUT2D eigenvalue weighted by Crippen LogP contribution is 2.35. The van der Waals surface area contributed by atoms with E-state index < -0.39 is 0 Å². The molecular formula is C15H18I3NO2. The number of aliphatic hydroxyl groups is 1. The largest absolute Gasteiger partial charge is 0.396 e. The molecule has 21 heavy (non-hydrogen) atoms. The van der Waals surface area contributed by atoms with E-state index in [1.54, 1.807) is 0 Å². The maximum atomic E-state index is 12.5. The van der Waals surface area contributed by atoms with Gasteiger partial charge in [-0.2, -0.15) is 0 Å². The summed E-state index contributed by atoms with van der Waals surface area (Å²) < 4.78 is 3.16. The quantitative estimate of drug-likeness (QED) is 0.391. The van der Waals surface area contributed by atoms with Gasteiger partial charge < -0.3 is 10.4 Å². The minimum absolute atomic E-state index is 0.0331. The molecule has 0 aromatic heterocycles. The van der Waals surface area contributed by atoms with Crippen LogP contribution >= 0.6 is 67.8 Å².